The highest BCUT2D eigenvalue weighted by Crippen LogP contribution is 2.20. The fourth-order valence-electron chi connectivity index (χ4n) is 3.16. The molecule has 7 heteroatoms. The summed E-state index contributed by atoms with van der Waals surface area (Å²) in [6.45, 7) is 1.62. The van der Waals surface area contributed by atoms with Crippen LogP contribution in [0.3, 0.4) is 0 Å². The minimum atomic E-state index is -0.203. The minimum Gasteiger partial charge on any atom is -0.378 e. The number of para-hydroxylation sites is 1. The van der Waals surface area contributed by atoms with Gasteiger partial charge in [-0.25, -0.2) is 4.79 Å². The van der Waals surface area contributed by atoms with Gasteiger partial charge in [0.2, 0.25) is 0 Å². The monoisotopic (exact) mass is 357 g/mol. The number of nitrogens with one attached hydrogen (secondary N) is 2. The molecule has 7 nitrogen and oxygen atoms in total. The summed E-state index contributed by atoms with van der Waals surface area (Å²) in [5.74, 6) is 0.687. The summed E-state index contributed by atoms with van der Waals surface area (Å²) < 4.78 is 7.71. The molecule has 1 heterocycles. The number of urea groups is 1. The van der Waals surface area contributed by atoms with E-state index < -0.39 is 0 Å². The Morgan fingerprint density at radius 3 is 2.77 bits per heavy atom. The molecule has 0 aliphatic heterocycles. The third-order valence-corrected chi connectivity index (χ3v) is 4.57. The number of ether oxygens (including phenoxy) is 1. The average Bonchev–Trinajstić information content (AvgIpc) is 3.16. The zero-order valence-corrected chi connectivity index (χ0v) is 15.1. The van der Waals surface area contributed by atoms with Crippen LogP contribution in [0.15, 0.2) is 36.7 Å². The van der Waals surface area contributed by atoms with Gasteiger partial charge in [0.25, 0.3) is 0 Å². The van der Waals surface area contributed by atoms with E-state index in [0.29, 0.717) is 31.6 Å². The third-order valence-electron chi connectivity index (χ3n) is 4.57. The summed E-state index contributed by atoms with van der Waals surface area (Å²) in [7, 11) is 0. The first-order chi connectivity index (χ1) is 12.8. The van der Waals surface area contributed by atoms with E-state index in [1.807, 2.05) is 34.9 Å². The SMILES string of the molecule is O=C(NCCCOC1CCCCC1)NCc1nncn1-c1ccccc1. The summed E-state index contributed by atoms with van der Waals surface area (Å²) in [4.78, 5) is 11.9. The summed E-state index contributed by atoms with van der Waals surface area (Å²) in [6.07, 6.45) is 9.13. The van der Waals surface area contributed by atoms with Crippen molar-refractivity contribution in [1.29, 1.82) is 0 Å². The lowest BCUT2D eigenvalue weighted by Gasteiger charge is -2.21. The van der Waals surface area contributed by atoms with Crippen LogP contribution >= 0.6 is 0 Å². The molecule has 2 amide bonds. The summed E-state index contributed by atoms with van der Waals surface area (Å²) >= 11 is 0. The number of hydrogen-bond acceptors (Lipinski definition) is 4. The van der Waals surface area contributed by atoms with Crippen molar-refractivity contribution in [2.45, 2.75) is 51.2 Å². The third kappa shape index (κ3) is 5.56. The molecule has 1 aliphatic rings. The van der Waals surface area contributed by atoms with E-state index in [9.17, 15) is 4.79 Å². The Balaban J connectivity index is 1.33. The highest BCUT2D eigenvalue weighted by atomic mass is 16.5. The van der Waals surface area contributed by atoms with Gasteiger partial charge in [-0.05, 0) is 31.4 Å². The van der Waals surface area contributed by atoms with Crippen molar-refractivity contribution < 1.29 is 9.53 Å². The van der Waals surface area contributed by atoms with Crippen molar-refractivity contribution in [1.82, 2.24) is 25.4 Å². The quantitative estimate of drug-likeness (QED) is 0.712. The van der Waals surface area contributed by atoms with Gasteiger partial charge in [0.05, 0.1) is 12.6 Å². The number of aromatic nitrogens is 3. The Morgan fingerprint density at radius 2 is 1.96 bits per heavy atom. The van der Waals surface area contributed by atoms with Crippen LogP contribution in [0.25, 0.3) is 5.69 Å². The Hall–Kier alpha value is -2.41. The van der Waals surface area contributed by atoms with Gasteiger partial charge in [-0.15, -0.1) is 10.2 Å². The molecular formula is C19H27N5O2. The molecule has 2 aromatic rings. The van der Waals surface area contributed by atoms with E-state index in [1.54, 1.807) is 6.33 Å². The molecule has 3 rings (SSSR count). The van der Waals surface area contributed by atoms with E-state index in [2.05, 4.69) is 20.8 Å². The average molecular weight is 357 g/mol. The molecular weight excluding hydrogens is 330 g/mol. The van der Waals surface area contributed by atoms with E-state index in [4.69, 9.17) is 4.74 Å². The van der Waals surface area contributed by atoms with E-state index >= 15 is 0 Å². The van der Waals surface area contributed by atoms with Crippen LogP contribution in [0, 0.1) is 0 Å². The van der Waals surface area contributed by atoms with Crippen molar-refractivity contribution in [3.05, 3.63) is 42.5 Å². The topological polar surface area (TPSA) is 81.1 Å². The predicted molar refractivity (Wildman–Crippen MR) is 99.0 cm³/mol. The molecule has 0 radical (unpaired) electrons. The van der Waals surface area contributed by atoms with Crippen LogP contribution in [0.4, 0.5) is 4.79 Å². The number of amides is 2. The summed E-state index contributed by atoms with van der Waals surface area (Å²) in [5.41, 5.74) is 0.967. The lowest BCUT2D eigenvalue weighted by Crippen LogP contribution is -2.36. The van der Waals surface area contributed by atoms with Gasteiger partial charge in [-0.1, -0.05) is 37.5 Å². The first kappa shape index (κ1) is 18.4. The second-order valence-corrected chi connectivity index (χ2v) is 6.55. The lowest BCUT2D eigenvalue weighted by molar-refractivity contribution is 0.0275. The van der Waals surface area contributed by atoms with Crippen molar-refractivity contribution in [3.63, 3.8) is 0 Å². The predicted octanol–water partition coefficient (Wildman–Crippen LogP) is 2.81. The molecule has 1 saturated carbocycles. The number of carbonyl (C=O) groups excluding carboxylic acids is 1. The number of carbonyl (C=O) groups is 1. The number of benzene rings is 1. The fraction of sp³-hybridized carbons (Fsp3) is 0.526. The molecule has 1 fully saturated rings. The molecule has 1 aliphatic carbocycles. The van der Waals surface area contributed by atoms with Crippen LogP contribution in [-0.2, 0) is 11.3 Å². The molecule has 26 heavy (non-hydrogen) atoms. The van der Waals surface area contributed by atoms with E-state index in [1.165, 1.54) is 32.1 Å². The van der Waals surface area contributed by atoms with Crippen LogP contribution < -0.4 is 10.6 Å². The van der Waals surface area contributed by atoms with Gasteiger partial charge in [-0.3, -0.25) is 4.57 Å². The molecule has 2 N–H and O–H groups in total. The first-order valence-corrected chi connectivity index (χ1v) is 9.40. The molecule has 1 aromatic heterocycles. The smallest absolute Gasteiger partial charge is 0.315 e. The maximum Gasteiger partial charge on any atom is 0.315 e. The summed E-state index contributed by atoms with van der Waals surface area (Å²) in [6, 6.07) is 9.60. The maximum absolute atomic E-state index is 11.9. The number of rotatable bonds is 8. The lowest BCUT2D eigenvalue weighted by atomic mass is 9.98. The molecule has 0 spiro atoms. The zero-order chi connectivity index (χ0) is 18.0. The Labute approximate surface area is 154 Å². The summed E-state index contributed by atoms with van der Waals surface area (Å²) in [5, 5.41) is 13.7. The Morgan fingerprint density at radius 1 is 1.15 bits per heavy atom. The molecule has 0 saturated heterocycles. The molecule has 1 aromatic carbocycles. The number of nitrogens with zero attached hydrogens (tertiary/aromatic N) is 3. The fourth-order valence-corrected chi connectivity index (χ4v) is 3.16. The largest absolute Gasteiger partial charge is 0.378 e. The van der Waals surface area contributed by atoms with Gasteiger partial charge in [0, 0.05) is 18.8 Å². The van der Waals surface area contributed by atoms with E-state index in [-0.39, 0.29) is 6.03 Å². The van der Waals surface area contributed by atoms with Gasteiger partial charge in [0.1, 0.15) is 6.33 Å². The second-order valence-electron chi connectivity index (χ2n) is 6.55. The normalized spacial score (nSPS) is 14.9. The Kier molecular flexibility index (Phi) is 7.01. The van der Waals surface area contributed by atoms with Gasteiger partial charge >= 0.3 is 6.03 Å². The van der Waals surface area contributed by atoms with Crippen LogP contribution in [0.1, 0.15) is 44.3 Å². The first-order valence-electron chi connectivity index (χ1n) is 9.40. The second kappa shape index (κ2) is 9.91. The van der Waals surface area contributed by atoms with E-state index in [0.717, 1.165) is 12.1 Å². The van der Waals surface area contributed by atoms with Gasteiger partial charge in [-0.2, -0.15) is 0 Å². The van der Waals surface area contributed by atoms with Crippen molar-refractivity contribution in [2.75, 3.05) is 13.2 Å². The maximum atomic E-state index is 11.9. The molecule has 0 bridgehead atoms. The highest BCUT2D eigenvalue weighted by molar-refractivity contribution is 5.73. The zero-order valence-electron chi connectivity index (χ0n) is 15.1. The molecule has 140 valence electrons. The minimum absolute atomic E-state index is 0.203. The van der Waals surface area contributed by atoms with Gasteiger partial charge in [0.15, 0.2) is 5.82 Å². The molecule has 0 unspecified atom stereocenters. The van der Waals surface area contributed by atoms with Crippen LogP contribution in [-0.4, -0.2) is 40.1 Å². The van der Waals surface area contributed by atoms with Gasteiger partial charge < -0.3 is 15.4 Å². The van der Waals surface area contributed by atoms with Crippen molar-refractivity contribution >= 4 is 6.03 Å². The van der Waals surface area contributed by atoms with Crippen molar-refractivity contribution in [3.8, 4) is 5.69 Å². The van der Waals surface area contributed by atoms with Crippen molar-refractivity contribution in [2.24, 2.45) is 0 Å². The van der Waals surface area contributed by atoms with Crippen LogP contribution in [0.2, 0.25) is 0 Å². The highest BCUT2D eigenvalue weighted by Gasteiger charge is 2.13. The number of hydrogen-bond donors (Lipinski definition) is 2. The molecule has 0 atom stereocenters. The van der Waals surface area contributed by atoms with Crippen LogP contribution in [0.5, 0.6) is 0 Å². The standard InChI is InChI=1S/C19H27N5O2/c25-19(20-12-7-13-26-17-10-5-2-6-11-17)21-14-18-23-22-15-24(18)16-8-3-1-4-9-16/h1,3-4,8-9,15,17H,2,5-7,10-14H2,(H2,20,21,25). The Bertz CT molecular complexity index is 668.